The number of aromatic nitrogens is 3. The van der Waals surface area contributed by atoms with Crippen LogP contribution in [0.5, 0.6) is 11.5 Å². The topological polar surface area (TPSA) is 94.8 Å². The van der Waals surface area contributed by atoms with Crippen LogP contribution in [0, 0.1) is 13.8 Å². The van der Waals surface area contributed by atoms with Crippen molar-refractivity contribution in [3.63, 3.8) is 0 Å². The van der Waals surface area contributed by atoms with E-state index in [1.807, 2.05) is 32.0 Å². The molecule has 34 heavy (non-hydrogen) atoms. The third kappa shape index (κ3) is 5.79. The number of benzene rings is 2. The molecular weight excluding hydrogens is 452 g/mol. The van der Waals surface area contributed by atoms with Gasteiger partial charge in [0, 0.05) is 18.2 Å². The predicted molar refractivity (Wildman–Crippen MR) is 132 cm³/mol. The van der Waals surface area contributed by atoms with Crippen LogP contribution < -0.4 is 20.3 Å². The van der Waals surface area contributed by atoms with Crippen molar-refractivity contribution < 1.29 is 14.3 Å². The van der Waals surface area contributed by atoms with Crippen LogP contribution in [0.4, 0.5) is 5.69 Å². The fourth-order valence-corrected chi connectivity index (χ4v) is 4.25. The number of amides is 1. The van der Waals surface area contributed by atoms with Crippen LogP contribution in [-0.4, -0.2) is 27.1 Å². The molecule has 0 bridgehead atoms. The monoisotopic (exact) mass is 478 g/mol. The van der Waals surface area contributed by atoms with Gasteiger partial charge in [0.1, 0.15) is 23.1 Å². The zero-order valence-electron chi connectivity index (χ0n) is 19.3. The number of hydrogen-bond acceptors (Lipinski definition) is 7. The molecule has 8 nitrogen and oxygen atoms in total. The van der Waals surface area contributed by atoms with Gasteiger partial charge in [-0.1, -0.05) is 24.3 Å². The smallest absolute Gasteiger partial charge is 0.275 e. The Labute approximate surface area is 201 Å². The van der Waals surface area contributed by atoms with Crippen LogP contribution in [0.1, 0.15) is 35.2 Å². The Morgan fingerprint density at radius 2 is 1.79 bits per heavy atom. The Bertz CT molecular complexity index is 1360. The highest BCUT2D eigenvalue weighted by Crippen LogP contribution is 2.19. The van der Waals surface area contributed by atoms with Gasteiger partial charge in [0.05, 0.1) is 5.69 Å². The molecule has 2 aromatic heterocycles. The number of ether oxygens (including phenoxy) is 2. The van der Waals surface area contributed by atoms with E-state index in [4.69, 9.17) is 9.47 Å². The van der Waals surface area contributed by atoms with E-state index < -0.39 is 0 Å². The van der Waals surface area contributed by atoms with Crippen LogP contribution in [0.2, 0.25) is 0 Å². The first kappa shape index (κ1) is 23.4. The lowest BCUT2D eigenvalue weighted by Crippen LogP contribution is -2.20. The number of nitrogens with zero attached hydrogens (tertiary/aromatic N) is 3. The van der Waals surface area contributed by atoms with Crippen molar-refractivity contribution in [1.29, 1.82) is 0 Å². The van der Waals surface area contributed by atoms with Gasteiger partial charge in [-0.05, 0) is 67.8 Å². The Balaban J connectivity index is 1.30. The minimum atomic E-state index is -0.253. The molecular formula is C25H26N4O4S. The van der Waals surface area contributed by atoms with Crippen molar-refractivity contribution in [2.45, 2.75) is 40.2 Å². The van der Waals surface area contributed by atoms with Crippen LogP contribution in [-0.2, 0) is 17.8 Å². The largest absolute Gasteiger partial charge is 0.487 e. The Morgan fingerprint density at radius 1 is 1.03 bits per heavy atom. The summed E-state index contributed by atoms with van der Waals surface area (Å²) in [7, 11) is 0. The molecule has 4 aromatic rings. The van der Waals surface area contributed by atoms with Gasteiger partial charge in [0.15, 0.2) is 6.61 Å². The van der Waals surface area contributed by atoms with Crippen molar-refractivity contribution in [3.05, 3.63) is 80.7 Å². The summed E-state index contributed by atoms with van der Waals surface area (Å²) in [6, 6.07) is 14.1. The quantitative estimate of drug-likeness (QED) is 0.385. The van der Waals surface area contributed by atoms with Crippen LogP contribution >= 0.6 is 11.3 Å². The second-order valence-electron chi connectivity index (χ2n) is 7.92. The van der Waals surface area contributed by atoms with Gasteiger partial charge in [0.25, 0.3) is 11.5 Å². The first-order valence-electron chi connectivity index (χ1n) is 11.0. The summed E-state index contributed by atoms with van der Waals surface area (Å²) in [4.78, 5) is 29.6. The van der Waals surface area contributed by atoms with E-state index in [1.54, 1.807) is 24.3 Å². The summed E-state index contributed by atoms with van der Waals surface area (Å²) >= 11 is 1.42. The second kappa shape index (κ2) is 10.5. The van der Waals surface area contributed by atoms with E-state index in [0.717, 1.165) is 23.4 Å². The van der Waals surface area contributed by atoms with Gasteiger partial charge in [-0.15, -0.1) is 0 Å². The molecule has 0 fully saturated rings. The van der Waals surface area contributed by atoms with E-state index in [-0.39, 0.29) is 24.7 Å². The van der Waals surface area contributed by atoms with E-state index in [9.17, 15) is 9.59 Å². The lowest BCUT2D eigenvalue weighted by atomic mass is 10.1. The number of fused-ring (bicyclic) bond motifs is 1. The Kier molecular flexibility index (Phi) is 7.22. The summed E-state index contributed by atoms with van der Waals surface area (Å²) in [6.45, 7) is 6.17. The minimum absolute atomic E-state index is 0.0814. The molecule has 0 radical (unpaired) electrons. The zero-order valence-corrected chi connectivity index (χ0v) is 20.1. The van der Waals surface area contributed by atoms with Crippen LogP contribution in [0.15, 0.2) is 53.3 Å². The maximum Gasteiger partial charge on any atom is 0.275 e. The highest BCUT2D eigenvalue weighted by atomic mass is 32.1. The fourth-order valence-electron chi connectivity index (χ4n) is 3.23. The lowest BCUT2D eigenvalue weighted by Gasteiger charge is -2.10. The maximum atomic E-state index is 12.3. The molecule has 0 aliphatic carbocycles. The van der Waals surface area contributed by atoms with Crippen LogP contribution in [0.3, 0.4) is 0 Å². The normalized spacial score (nSPS) is 10.9. The Morgan fingerprint density at radius 3 is 2.53 bits per heavy atom. The molecule has 0 unspecified atom stereocenters. The molecule has 0 aliphatic heterocycles. The van der Waals surface area contributed by atoms with Gasteiger partial charge in [-0.2, -0.15) is 9.61 Å². The summed E-state index contributed by atoms with van der Waals surface area (Å²) in [5, 5.41) is 8.00. The third-order valence-electron chi connectivity index (χ3n) is 5.18. The fraction of sp³-hybridized carbons (Fsp3) is 0.280. The molecule has 1 amide bonds. The van der Waals surface area contributed by atoms with Gasteiger partial charge in [0.2, 0.25) is 4.96 Å². The molecule has 2 aromatic carbocycles. The molecule has 0 saturated carbocycles. The van der Waals surface area contributed by atoms with Gasteiger partial charge >= 0.3 is 0 Å². The molecule has 4 rings (SSSR count). The first-order valence-corrected chi connectivity index (χ1v) is 11.8. The van der Waals surface area contributed by atoms with Crippen molar-refractivity contribution in [1.82, 2.24) is 14.6 Å². The molecule has 0 saturated heterocycles. The maximum absolute atomic E-state index is 12.3. The van der Waals surface area contributed by atoms with Crippen molar-refractivity contribution in [3.8, 4) is 11.5 Å². The molecule has 9 heteroatoms. The first-order chi connectivity index (χ1) is 16.4. The van der Waals surface area contributed by atoms with E-state index in [2.05, 4.69) is 22.3 Å². The molecule has 0 aliphatic rings. The molecule has 0 spiro atoms. The van der Waals surface area contributed by atoms with E-state index in [0.29, 0.717) is 27.8 Å². The number of aryl methyl sites for hydroxylation is 3. The molecule has 2 heterocycles. The second-order valence-corrected chi connectivity index (χ2v) is 8.96. The highest BCUT2D eigenvalue weighted by Gasteiger charge is 2.10. The average Bonchev–Trinajstić information content (AvgIpc) is 3.23. The predicted octanol–water partition coefficient (Wildman–Crippen LogP) is 4.32. The molecule has 0 atom stereocenters. The summed E-state index contributed by atoms with van der Waals surface area (Å²) < 4.78 is 12.7. The summed E-state index contributed by atoms with van der Waals surface area (Å²) in [5.41, 5.74) is 3.24. The number of carbonyl (C=O) groups is 1. The number of hydrogen-bond donors (Lipinski definition) is 1. The van der Waals surface area contributed by atoms with Gasteiger partial charge in [-0.25, -0.2) is 4.98 Å². The highest BCUT2D eigenvalue weighted by molar-refractivity contribution is 7.16. The van der Waals surface area contributed by atoms with Gasteiger partial charge < -0.3 is 14.8 Å². The molecule has 1 N–H and O–H groups in total. The minimum Gasteiger partial charge on any atom is -0.487 e. The SMILES string of the molecule is CCCc1nn2c(=O)cc(COc3ccc(NC(=O)COc4ccc(C)c(C)c4)cc3)nc2s1. The van der Waals surface area contributed by atoms with Crippen molar-refractivity contribution in [2.75, 3.05) is 11.9 Å². The number of carbonyl (C=O) groups excluding carboxylic acids is 1. The zero-order chi connectivity index (χ0) is 24.1. The average molecular weight is 479 g/mol. The van der Waals surface area contributed by atoms with Crippen LogP contribution in [0.25, 0.3) is 4.96 Å². The number of anilines is 1. The Hall–Kier alpha value is -3.72. The van der Waals surface area contributed by atoms with E-state index in [1.165, 1.54) is 27.5 Å². The third-order valence-corrected chi connectivity index (χ3v) is 6.15. The summed E-state index contributed by atoms with van der Waals surface area (Å²) in [5.74, 6) is 1.01. The number of nitrogens with one attached hydrogen (secondary N) is 1. The standard InChI is InChI=1S/C25H26N4O4S/c1-4-5-23-28-29-24(31)13-19(27-25(29)34-23)14-32-20-10-7-18(8-11-20)26-22(30)15-33-21-9-6-16(2)17(3)12-21/h6-13H,4-5,14-15H2,1-3H3,(H,26,30). The lowest BCUT2D eigenvalue weighted by molar-refractivity contribution is -0.118. The van der Waals surface area contributed by atoms with Crippen molar-refractivity contribution >= 4 is 27.9 Å². The molecule has 176 valence electrons. The van der Waals surface area contributed by atoms with E-state index >= 15 is 0 Å². The number of rotatable bonds is 9. The van der Waals surface area contributed by atoms with Gasteiger partial charge in [-0.3, -0.25) is 9.59 Å². The summed E-state index contributed by atoms with van der Waals surface area (Å²) in [6.07, 6.45) is 1.78. The van der Waals surface area contributed by atoms with Crippen molar-refractivity contribution in [2.24, 2.45) is 0 Å².